The summed E-state index contributed by atoms with van der Waals surface area (Å²) < 4.78 is 38.9. The highest BCUT2D eigenvalue weighted by atomic mass is 31.1. The highest BCUT2D eigenvalue weighted by Crippen LogP contribution is 2.46. The predicted octanol–water partition coefficient (Wildman–Crippen LogP) is 10.3. The summed E-state index contributed by atoms with van der Waals surface area (Å²) in [7, 11) is 0.644. The van der Waals surface area contributed by atoms with Gasteiger partial charge in [0.2, 0.25) is 0 Å². The third-order valence-corrected chi connectivity index (χ3v) is 13.3. The summed E-state index contributed by atoms with van der Waals surface area (Å²) in [5.74, 6) is 1.47. The van der Waals surface area contributed by atoms with E-state index < -0.39 is 16.2 Å². The third-order valence-electron chi connectivity index (χ3n) is 9.69. The number of fused-ring (bicyclic) bond motifs is 3. The van der Waals surface area contributed by atoms with Crippen LogP contribution in [0.25, 0.3) is 21.9 Å². The first kappa shape index (κ1) is 36.3. The van der Waals surface area contributed by atoms with Gasteiger partial charge >= 0.3 is 8.24 Å². The fourth-order valence-corrected chi connectivity index (χ4v) is 10.8. The predicted molar refractivity (Wildman–Crippen MR) is 216 cm³/mol. The number of benzene rings is 5. The van der Waals surface area contributed by atoms with E-state index in [4.69, 9.17) is 27.1 Å². The van der Waals surface area contributed by atoms with Crippen molar-refractivity contribution in [2.75, 3.05) is 27.4 Å². The van der Waals surface area contributed by atoms with Crippen molar-refractivity contribution in [3.63, 3.8) is 0 Å². The van der Waals surface area contributed by atoms with Gasteiger partial charge in [-0.05, 0) is 64.5 Å². The summed E-state index contributed by atoms with van der Waals surface area (Å²) >= 11 is 0. The highest BCUT2D eigenvalue weighted by molar-refractivity contribution is 7.79. The SMILES string of the molecule is COc1cc(C(C)(C)C)c2op(OC3COCC3c3ccccc3P(c3ccccc3)c3ccccc3)oc3c(C(C)(C)C)cc(OC)cc3c2c1. The Balaban J connectivity index is 1.42. The van der Waals surface area contributed by atoms with Crippen molar-refractivity contribution >= 4 is 54.0 Å². The van der Waals surface area contributed by atoms with Crippen LogP contribution in [-0.4, -0.2) is 33.5 Å². The normalized spacial score (nSPS) is 16.5. The summed E-state index contributed by atoms with van der Waals surface area (Å²) in [6.45, 7) is 14.1. The zero-order valence-corrected chi connectivity index (χ0v) is 33.1. The Morgan fingerprint density at radius 1 is 0.615 bits per heavy atom. The van der Waals surface area contributed by atoms with Gasteiger partial charge in [-0.3, -0.25) is 4.52 Å². The van der Waals surface area contributed by atoms with Gasteiger partial charge in [0.1, 0.15) is 28.8 Å². The maximum absolute atomic E-state index is 7.05. The van der Waals surface area contributed by atoms with E-state index in [1.54, 1.807) is 14.2 Å². The van der Waals surface area contributed by atoms with Gasteiger partial charge < -0.3 is 22.6 Å². The van der Waals surface area contributed by atoms with Gasteiger partial charge in [-0.2, -0.15) is 0 Å². The lowest BCUT2D eigenvalue weighted by Crippen LogP contribution is -2.29. The lowest BCUT2D eigenvalue weighted by Gasteiger charge is -2.26. The van der Waals surface area contributed by atoms with Crippen LogP contribution in [0.15, 0.2) is 118 Å². The summed E-state index contributed by atoms with van der Waals surface area (Å²) in [5.41, 5.74) is 4.19. The van der Waals surface area contributed by atoms with Crippen LogP contribution in [0.3, 0.4) is 0 Å². The molecule has 1 aliphatic heterocycles. The minimum Gasteiger partial charge on any atom is -0.497 e. The zero-order chi connectivity index (χ0) is 36.6. The van der Waals surface area contributed by atoms with Crippen LogP contribution in [0.4, 0.5) is 0 Å². The third kappa shape index (κ3) is 7.28. The standard InChI is InChI=1S/C44H48O6P2/c1-43(2,3)37-25-29(45-7)23-34-35-24-30(46-8)26-38(44(4,5)6)42(35)50-52(49-41(34)37)48-39-28-47-27-36(39)33-21-15-16-22-40(33)51(31-17-11-9-12-18-31)32-19-13-10-14-20-32/h9-26,36,39H,27-28H2,1-8H3. The highest BCUT2D eigenvalue weighted by Gasteiger charge is 2.36. The fraction of sp³-hybridized carbons (Fsp3) is 0.318. The molecule has 0 spiro atoms. The van der Waals surface area contributed by atoms with E-state index in [2.05, 4.69) is 139 Å². The first-order valence-corrected chi connectivity index (χ1v) is 20.2. The van der Waals surface area contributed by atoms with E-state index in [9.17, 15) is 0 Å². The van der Waals surface area contributed by atoms with Gasteiger partial charge in [0, 0.05) is 27.8 Å². The minimum atomic E-state index is -1.92. The topological polar surface area (TPSA) is 63.2 Å². The molecule has 6 nitrogen and oxygen atoms in total. The molecule has 7 rings (SSSR count). The molecule has 2 heterocycles. The summed E-state index contributed by atoms with van der Waals surface area (Å²) in [6.07, 6.45) is -0.298. The molecular weight excluding hydrogens is 686 g/mol. The summed E-state index contributed by atoms with van der Waals surface area (Å²) in [6, 6.07) is 38.6. The number of rotatable bonds is 8. The number of hydrogen-bond acceptors (Lipinski definition) is 6. The number of methoxy groups -OCH3 is 2. The van der Waals surface area contributed by atoms with Gasteiger partial charge in [0.05, 0.1) is 27.4 Å². The molecular formula is C44H48O6P2. The lowest BCUT2D eigenvalue weighted by molar-refractivity contribution is 0.160. The van der Waals surface area contributed by atoms with Crippen LogP contribution in [0, 0.1) is 0 Å². The zero-order valence-electron chi connectivity index (χ0n) is 31.3. The first-order chi connectivity index (χ1) is 25.0. The Morgan fingerprint density at radius 3 is 1.58 bits per heavy atom. The molecule has 0 bridgehead atoms. The second kappa shape index (κ2) is 14.8. The van der Waals surface area contributed by atoms with Gasteiger partial charge in [0.15, 0.2) is 0 Å². The Kier molecular flexibility index (Phi) is 10.3. The van der Waals surface area contributed by atoms with Crippen LogP contribution in [0.1, 0.15) is 64.2 Å². The average Bonchev–Trinajstić information content (AvgIpc) is 3.53. The molecule has 1 aliphatic rings. The smallest absolute Gasteiger partial charge is 0.387 e. The van der Waals surface area contributed by atoms with Crippen LogP contribution in [0.5, 0.6) is 11.5 Å². The molecule has 1 aromatic heterocycles. The van der Waals surface area contributed by atoms with E-state index in [0.717, 1.165) is 44.6 Å². The largest absolute Gasteiger partial charge is 0.497 e. The molecule has 0 amide bonds. The molecule has 270 valence electrons. The molecule has 1 saturated heterocycles. The molecule has 2 atom stereocenters. The van der Waals surface area contributed by atoms with Gasteiger partial charge in [-0.15, -0.1) is 0 Å². The van der Waals surface area contributed by atoms with Crippen LogP contribution in [0.2, 0.25) is 0 Å². The van der Waals surface area contributed by atoms with E-state index in [1.807, 2.05) is 12.1 Å². The van der Waals surface area contributed by atoms with Crippen molar-refractivity contribution in [3.05, 3.63) is 126 Å². The van der Waals surface area contributed by atoms with Gasteiger partial charge in [-0.25, -0.2) is 0 Å². The van der Waals surface area contributed by atoms with Crippen LogP contribution in [-0.2, 0) is 15.6 Å². The van der Waals surface area contributed by atoms with Crippen molar-refractivity contribution in [1.29, 1.82) is 0 Å². The molecule has 0 radical (unpaired) electrons. The fourth-order valence-electron chi connectivity index (χ4n) is 6.99. The molecule has 2 unspecified atom stereocenters. The van der Waals surface area contributed by atoms with Gasteiger partial charge in [0.25, 0.3) is 0 Å². The molecule has 52 heavy (non-hydrogen) atoms. The molecule has 0 aliphatic carbocycles. The van der Waals surface area contributed by atoms with Crippen molar-refractivity contribution < 1.29 is 27.1 Å². The lowest BCUT2D eigenvalue weighted by atomic mass is 9.84. The van der Waals surface area contributed by atoms with Crippen molar-refractivity contribution in [2.24, 2.45) is 0 Å². The molecule has 5 aromatic carbocycles. The minimum absolute atomic E-state index is 0.0265. The monoisotopic (exact) mass is 734 g/mol. The maximum Gasteiger partial charge on any atom is 0.387 e. The number of ether oxygens (including phenoxy) is 3. The van der Waals surface area contributed by atoms with Crippen molar-refractivity contribution in [3.8, 4) is 11.5 Å². The molecule has 1 fully saturated rings. The first-order valence-electron chi connectivity index (χ1n) is 17.8. The Hall–Kier alpha value is -4.05. The Morgan fingerprint density at radius 2 is 1.10 bits per heavy atom. The molecule has 8 heteroatoms. The molecule has 0 N–H and O–H groups in total. The van der Waals surface area contributed by atoms with Crippen LogP contribution >= 0.6 is 16.2 Å². The van der Waals surface area contributed by atoms with Crippen molar-refractivity contribution in [1.82, 2.24) is 0 Å². The van der Waals surface area contributed by atoms with E-state index in [1.165, 1.54) is 21.5 Å². The van der Waals surface area contributed by atoms with E-state index in [0.29, 0.717) is 13.2 Å². The quantitative estimate of drug-likeness (QED) is 0.145. The average molecular weight is 735 g/mol. The van der Waals surface area contributed by atoms with Crippen LogP contribution < -0.4 is 29.9 Å². The Bertz CT molecular complexity index is 2090. The van der Waals surface area contributed by atoms with Crippen molar-refractivity contribution in [2.45, 2.75) is 64.4 Å². The maximum atomic E-state index is 7.05. The van der Waals surface area contributed by atoms with E-state index >= 15 is 0 Å². The second-order valence-electron chi connectivity index (χ2n) is 15.4. The van der Waals surface area contributed by atoms with Gasteiger partial charge in [-0.1, -0.05) is 126 Å². The second-order valence-corrected chi connectivity index (χ2v) is 18.6. The summed E-state index contributed by atoms with van der Waals surface area (Å²) in [5, 5.41) is 5.68. The summed E-state index contributed by atoms with van der Waals surface area (Å²) in [4.78, 5) is 0. The Labute approximate surface area is 309 Å². The molecule has 6 aromatic rings. The molecule has 0 saturated carbocycles. The van der Waals surface area contributed by atoms with E-state index in [-0.39, 0.29) is 22.9 Å². The number of hydrogen-bond donors (Lipinski definition) is 0.